The molecule has 1 aromatic rings. The Morgan fingerprint density at radius 1 is 1.50 bits per heavy atom. The highest BCUT2D eigenvalue weighted by Crippen LogP contribution is 2.37. The van der Waals surface area contributed by atoms with E-state index in [0.717, 1.165) is 12.8 Å². The fourth-order valence-corrected chi connectivity index (χ4v) is 2.41. The topological polar surface area (TPSA) is 38.0 Å². The quantitative estimate of drug-likeness (QED) is 0.756. The normalized spacial score (nSPS) is 24.8. The van der Waals surface area contributed by atoms with Crippen molar-refractivity contribution in [3.8, 4) is 12.3 Å². The molecule has 0 aliphatic heterocycles. The molecule has 2 nitrogen and oxygen atoms in total. The number of hydrogen-bond acceptors (Lipinski definition) is 2. The Kier molecular flexibility index (Phi) is 3.28. The number of fused-ring (bicyclic) bond motifs is 1. The van der Waals surface area contributed by atoms with Crippen LogP contribution in [0.25, 0.3) is 0 Å². The van der Waals surface area contributed by atoms with Crippen LogP contribution in [0.5, 0.6) is 0 Å². The minimum atomic E-state index is 0.159. The van der Waals surface area contributed by atoms with Crippen LogP contribution < -0.4 is 11.1 Å². The van der Waals surface area contributed by atoms with E-state index in [2.05, 4.69) is 36.4 Å². The molecule has 16 heavy (non-hydrogen) atoms. The molecule has 0 spiro atoms. The Bertz CT molecular complexity index is 405. The SMILES string of the molecule is C#CCC(C)NC1CC(N)c2ccccc21. The van der Waals surface area contributed by atoms with Gasteiger partial charge in [0.1, 0.15) is 0 Å². The van der Waals surface area contributed by atoms with Gasteiger partial charge in [-0.3, -0.25) is 0 Å². The molecule has 3 atom stereocenters. The molecule has 1 aliphatic carbocycles. The van der Waals surface area contributed by atoms with Crippen molar-refractivity contribution in [2.45, 2.75) is 37.9 Å². The second-order valence-electron chi connectivity index (χ2n) is 4.50. The van der Waals surface area contributed by atoms with E-state index in [-0.39, 0.29) is 6.04 Å². The van der Waals surface area contributed by atoms with Crippen molar-refractivity contribution >= 4 is 0 Å². The lowest BCUT2D eigenvalue weighted by Crippen LogP contribution is -2.29. The third-order valence-corrected chi connectivity index (χ3v) is 3.17. The summed E-state index contributed by atoms with van der Waals surface area (Å²) >= 11 is 0. The molecule has 0 amide bonds. The van der Waals surface area contributed by atoms with Crippen LogP contribution in [-0.2, 0) is 0 Å². The Morgan fingerprint density at radius 3 is 2.88 bits per heavy atom. The molecule has 3 N–H and O–H groups in total. The Balaban J connectivity index is 2.12. The molecule has 1 aromatic carbocycles. The Labute approximate surface area is 97.2 Å². The van der Waals surface area contributed by atoms with Crippen LogP contribution in [0, 0.1) is 12.3 Å². The molecule has 84 valence electrons. The molecule has 0 bridgehead atoms. The van der Waals surface area contributed by atoms with E-state index in [1.807, 2.05) is 6.07 Å². The average Bonchev–Trinajstić information content (AvgIpc) is 2.57. The molecular weight excluding hydrogens is 196 g/mol. The summed E-state index contributed by atoms with van der Waals surface area (Å²) in [4.78, 5) is 0. The van der Waals surface area contributed by atoms with Gasteiger partial charge >= 0.3 is 0 Å². The maximum absolute atomic E-state index is 6.11. The molecule has 0 aromatic heterocycles. The van der Waals surface area contributed by atoms with Crippen LogP contribution >= 0.6 is 0 Å². The van der Waals surface area contributed by atoms with Crippen LogP contribution in [0.2, 0.25) is 0 Å². The van der Waals surface area contributed by atoms with E-state index in [0.29, 0.717) is 12.1 Å². The van der Waals surface area contributed by atoms with E-state index in [9.17, 15) is 0 Å². The van der Waals surface area contributed by atoms with Gasteiger partial charge in [0.05, 0.1) is 0 Å². The summed E-state index contributed by atoms with van der Waals surface area (Å²) in [6, 6.07) is 9.24. The summed E-state index contributed by atoms with van der Waals surface area (Å²) in [5.41, 5.74) is 8.71. The van der Waals surface area contributed by atoms with Crippen LogP contribution in [0.15, 0.2) is 24.3 Å². The number of benzene rings is 1. The van der Waals surface area contributed by atoms with Gasteiger partial charge in [0.25, 0.3) is 0 Å². The largest absolute Gasteiger partial charge is 0.324 e. The maximum atomic E-state index is 6.11. The van der Waals surface area contributed by atoms with Crippen molar-refractivity contribution in [1.82, 2.24) is 5.32 Å². The van der Waals surface area contributed by atoms with Crippen molar-refractivity contribution in [1.29, 1.82) is 0 Å². The van der Waals surface area contributed by atoms with Crippen LogP contribution in [0.1, 0.15) is 43.0 Å². The van der Waals surface area contributed by atoms with Gasteiger partial charge in [-0.25, -0.2) is 0 Å². The Morgan fingerprint density at radius 2 is 2.19 bits per heavy atom. The smallest absolute Gasteiger partial charge is 0.0344 e. The summed E-state index contributed by atoms with van der Waals surface area (Å²) in [7, 11) is 0. The predicted molar refractivity (Wildman–Crippen MR) is 66.8 cm³/mol. The standard InChI is InChI=1S/C14H18N2/c1-3-6-10(2)16-14-9-13(15)11-7-4-5-8-12(11)14/h1,4-5,7-8,10,13-14,16H,6,9,15H2,2H3. The molecule has 0 saturated heterocycles. The summed E-state index contributed by atoms with van der Waals surface area (Å²) in [6.45, 7) is 2.12. The number of terminal acetylenes is 1. The number of nitrogens with one attached hydrogen (secondary N) is 1. The fraction of sp³-hybridized carbons (Fsp3) is 0.429. The van der Waals surface area contributed by atoms with Crippen LogP contribution in [0.4, 0.5) is 0 Å². The molecule has 0 fully saturated rings. The first kappa shape index (κ1) is 11.2. The van der Waals surface area contributed by atoms with E-state index in [1.165, 1.54) is 11.1 Å². The highest BCUT2D eigenvalue weighted by atomic mass is 15.0. The van der Waals surface area contributed by atoms with Crippen molar-refractivity contribution in [2.75, 3.05) is 0 Å². The monoisotopic (exact) mass is 214 g/mol. The van der Waals surface area contributed by atoms with Gasteiger partial charge in [-0.15, -0.1) is 12.3 Å². The molecule has 0 heterocycles. The number of hydrogen-bond donors (Lipinski definition) is 2. The van der Waals surface area contributed by atoms with Crippen molar-refractivity contribution in [3.05, 3.63) is 35.4 Å². The first-order chi connectivity index (χ1) is 7.72. The highest BCUT2D eigenvalue weighted by Gasteiger charge is 2.28. The minimum Gasteiger partial charge on any atom is -0.324 e. The average molecular weight is 214 g/mol. The molecule has 2 rings (SSSR count). The molecule has 1 aliphatic rings. The summed E-state index contributed by atoms with van der Waals surface area (Å²) in [5.74, 6) is 2.68. The Hall–Kier alpha value is -1.30. The summed E-state index contributed by atoms with van der Waals surface area (Å²) in [6.07, 6.45) is 7.04. The van der Waals surface area contributed by atoms with Gasteiger partial charge in [-0.1, -0.05) is 24.3 Å². The van der Waals surface area contributed by atoms with Crippen LogP contribution in [0.3, 0.4) is 0 Å². The zero-order valence-electron chi connectivity index (χ0n) is 9.61. The zero-order chi connectivity index (χ0) is 11.5. The minimum absolute atomic E-state index is 0.159. The van der Waals surface area contributed by atoms with Gasteiger partial charge in [-0.05, 0) is 24.5 Å². The third kappa shape index (κ3) is 2.11. The lowest BCUT2D eigenvalue weighted by atomic mass is 10.1. The second-order valence-corrected chi connectivity index (χ2v) is 4.50. The fourth-order valence-electron chi connectivity index (χ4n) is 2.41. The van der Waals surface area contributed by atoms with Crippen LogP contribution in [-0.4, -0.2) is 6.04 Å². The van der Waals surface area contributed by atoms with Gasteiger partial charge in [0, 0.05) is 24.5 Å². The van der Waals surface area contributed by atoms with Gasteiger partial charge in [0.2, 0.25) is 0 Å². The number of nitrogens with two attached hydrogens (primary N) is 1. The van der Waals surface area contributed by atoms with Gasteiger partial charge in [0.15, 0.2) is 0 Å². The van der Waals surface area contributed by atoms with Crippen molar-refractivity contribution in [3.63, 3.8) is 0 Å². The number of rotatable bonds is 3. The van der Waals surface area contributed by atoms with Crippen molar-refractivity contribution in [2.24, 2.45) is 5.73 Å². The highest BCUT2D eigenvalue weighted by molar-refractivity contribution is 5.37. The molecular formula is C14H18N2. The maximum Gasteiger partial charge on any atom is 0.0344 e. The van der Waals surface area contributed by atoms with Gasteiger partial charge in [-0.2, -0.15) is 0 Å². The predicted octanol–water partition coefficient (Wildman–Crippen LogP) is 2.13. The third-order valence-electron chi connectivity index (χ3n) is 3.17. The zero-order valence-corrected chi connectivity index (χ0v) is 9.61. The van der Waals surface area contributed by atoms with E-state index in [4.69, 9.17) is 12.2 Å². The van der Waals surface area contributed by atoms with E-state index >= 15 is 0 Å². The molecule has 0 saturated carbocycles. The van der Waals surface area contributed by atoms with Gasteiger partial charge < -0.3 is 11.1 Å². The second kappa shape index (κ2) is 4.69. The summed E-state index contributed by atoms with van der Waals surface area (Å²) in [5, 5.41) is 3.54. The first-order valence-corrected chi connectivity index (χ1v) is 5.76. The summed E-state index contributed by atoms with van der Waals surface area (Å²) < 4.78 is 0. The molecule has 3 unspecified atom stereocenters. The van der Waals surface area contributed by atoms with E-state index in [1.54, 1.807) is 0 Å². The lowest BCUT2D eigenvalue weighted by Gasteiger charge is -2.18. The lowest BCUT2D eigenvalue weighted by molar-refractivity contribution is 0.441. The molecule has 2 heteroatoms. The first-order valence-electron chi connectivity index (χ1n) is 5.76. The van der Waals surface area contributed by atoms with E-state index < -0.39 is 0 Å². The molecule has 0 radical (unpaired) electrons. The van der Waals surface area contributed by atoms with Crippen molar-refractivity contribution < 1.29 is 0 Å².